The Balaban J connectivity index is 2.02. The van der Waals surface area contributed by atoms with Crippen LogP contribution in [0.5, 0.6) is 11.5 Å². The summed E-state index contributed by atoms with van der Waals surface area (Å²) in [6, 6.07) is 9.66. The quantitative estimate of drug-likeness (QED) is 0.529. The van der Waals surface area contributed by atoms with E-state index in [2.05, 4.69) is 25.8 Å². The van der Waals surface area contributed by atoms with Crippen LogP contribution in [0.15, 0.2) is 42.6 Å². The molecule has 0 aliphatic rings. The van der Waals surface area contributed by atoms with Crippen molar-refractivity contribution >= 4 is 23.5 Å². The zero-order valence-electron chi connectivity index (χ0n) is 16.8. The molecule has 27 heavy (non-hydrogen) atoms. The molecule has 1 aromatic heterocycles. The molecule has 2 rings (SSSR count). The number of hydrogen-bond donors (Lipinski definition) is 0. The molecule has 0 spiro atoms. The highest BCUT2D eigenvalue weighted by Crippen LogP contribution is 2.32. The molecule has 1 aromatic carbocycles. The van der Waals surface area contributed by atoms with E-state index >= 15 is 0 Å². The number of allylic oxidation sites excluding steroid dienone is 1. The normalized spacial score (nSPS) is 13.0. The van der Waals surface area contributed by atoms with E-state index in [9.17, 15) is 4.79 Å². The van der Waals surface area contributed by atoms with Crippen LogP contribution >= 0.6 is 11.6 Å². The first kappa shape index (κ1) is 21.2. The van der Waals surface area contributed by atoms with Crippen LogP contribution in [0.2, 0.25) is 5.02 Å². The Kier molecular flexibility index (Phi) is 7.20. The van der Waals surface area contributed by atoms with Crippen molar-refractivity contribution in [2.24, 2.45) is 11.3 Å². The first-order valence-electron chi connectivity index (χ1n) is 9.22. The largest absolute Gasteiger partial charge is 0.454 e. The van der Waals surface area contributed by atoms with Crippen LogP contribution in [0.25, 0.3) is 6.08 Å². The number of ketones is 1. The van der Waals surface area contributed by atoms with Crippen LogP contribution in [-0.2, 0) is 11.2 Å². The molecule has 2 aromatic rings. The summed E-state index contributed by atoms with van der Waals surface area (Å²) in [6.45, 7) is 10.2. The monoisotopic (exact) mass is 385 g/mol. The van der Waals surface area contributed by atoms with Crippen molar-refractivity contribution in [3.63, 3.8) is 0 Å². The number of Topliss-reactive ketones (excluding diaryl/α,β-unsaturated/α-hetero) is 1. The number of rotatable bonds is 7. The summed E-state index contributed by atoms with van der Waals surface area (Å²) in [5.74, 6) is 1.64. The maximum Gasteiger partial charge on any atom is 0.146 e. The molecule has 0 aliphatic heterocycles. The van der Waals surface area contributed by atoms with Gasteiger partial charge in [0.25, 0.3) is 0 Å². The fraction of sp³-hybridized carbons (Fsp3) is 0.391. The Morgan fingerprint density at radius 2 is 2.00 bits per heavy atom. The Morgan fingerprint density at radius 1 is 1.26 bits per heavy atom. The average Bonchev–Trinajstić information content (AvgIpc) is 2.54. The third-order valence-corrected chi connectivity index (χ3v) is 4.22. The van der Waals surface area contributed by atoms with Crippen LogP contribution in [-0.4, -0.2) is 10.8 Å². The van der Waals surface area contributed by atoms with Gasteiger partial charge in [-0.15, -0.1) is 0 Å². The zero-order chi connectivity index (χ0) is 20.0. The third kappa shape index (κ3) is 7.56. The Labute approximate surface area is 167 Å². The predicted molar refractivity (Wildman–Crippen MR) is 112 cm³/mol. The number of halogens is 1. The molecule has 0 radical (unpaired) electrons. The fourth-order valence-corrected chi connectivity index (χ4v) is 3.05. The maximum absolute atomic E-state index is 11.1. The number of benzene rings is 1. The van der Waals surface area contributed by atoms with Crippen molar-refractivity contribution in [2.45, 2.75) is 47.5 Å². The van der Waals surface area contributed by atoms with Crippen molar-refractivity contribution in [3.05, 3.63) is 58.9 Å². The molecular formula is C23H28ClNO2. The van der Waals surface area contributed by atoms with E-state index in [0.29, 0.717) is 22.9 Å². The molecule has 1 atom stereocenters. The molecule has 0 saturated carbocycles. The summed E-state index contributed by atoms with van der Waals surface area (Å²) in [5.41, 5.74) is 2.23. The topological polar surface area (TPSA) is 39.2 Å². The minimum Gasteiger partial charge on any atom is -0.454 e. The molecule has 144 valence electrons. The number of ether oxygens (including phenoxy) is 1. The minimum atomic E-state index is 0.189. The van der Waals surface area contributed by atoms with Crippen LogP contribution < -0.4 is 4.74 Å². The summed E-state index contributed by atoms with van der Waals surface area (Å²) < 4.78 is 5.86. The van der Waals surface area contributed by atoms with Gasteiger partial charge in [0, 0.05) is 6.42 Å². The highest BCUT2D eigenvalue weighted by molar-refractivity contribution is 6.32. The molecule has 0 aliphatic carbocycles. The second kappa shape index (κ2) is 9.18. The van der Waals surface area contributed by atoms with Gasteiger partial charge in [0.05, 0.1) is 16.9 Å². The van der Waals surface area contributed by atoms with Gasteiger partial charge in [-0.05, 0) is 60.6 Å². The van der Waals surface area contributed by atoms with Gasteiger partial charge < -0.3 is 9.53 Å². The van der Waals surface area contributed by atoms with Crippen LogP contribution in [0.4, 0.5) is 0 Å². The van der Waals surface area contributed by atoms with Gasteiger partial charge in [-0.25, -0.2) is 0 Å². The molecule has 0 N–H and O–H groups in total. The number of pyridine rings is 1. The maximum atomic E-state index is 11.1. The van der Waals surface area contributed by atoms with E-state index in [4.69, 9.17) is 16.3 Å². The predicted octanol–water partition coefficient (Wildman–Crippen LogP) is 6.74. The lowest BCUT2D eigenvalue weighted by molar-refractivity contribution is -0.117. The second-order valence-corrected chi connectivity index (χ2v) is 8.67. The van der Waals surface area contributed by atoms with E-state index in [1.54, 1.807) is 13.1 Å². The molecule has 4 heteroatoms. The minimum absolute atomic E-state index is 0.189. The zero-order valence-corrected chi connectivity index (χ0v) is 17.5. The van der Waals surface area contributed by atoms with Gasteiger partial charge in [0.1, 0.15) is 17.3 Å². The summed E-state index contributed by atoms with van der Waals surface area (Å²) >= 11 is 6.38. The smallest absolute Gasteiger partial charge is 0.146 e. The lowest BCUT2D eigenvalue weighted by atomic mass is 9.88. The van der Waals surface area contributed by atoms with Crippen molar-refractivity contribution in [1.29, 1.82) is 0 Å². The van der Waals surface area contributed by atoms with Crippen molar-refractivity contribution < 1.29 is 9.53 Å². The third-order valence-electron chi connectivity index (χ3n) is 3.92. The Hall–Kier alpha value is -2.13. The number of hydrogen-bond acceptors (Lipinski definition) is 3. The lowest BCUT2D eigenvalue weighted by Gasteiger charge is -2.18. The number of aromatic nitrogens is 1. The number of carbonyl (C=O) groups excluding carboxylic acids is 1. The van der Waals surface area contributed by atoms with E-state index in [0.717, 1.165) is 12.1 Å². The Morgan fingerprint density at radius 3 is 2.56 bits per heavy atom. The molecular weight excluding hydrogens is 358 g/mol. The van der Waals surface area contributed by atoms with Gasteiger partial charge >= 0.3 is 0 Å². The average molecular weight is 386 g/mol. The van der Waals surface area contributed by atoms with Gasteiger partial charge in [-0.3, -0.25) is 4.98 Å². The van der Waals surface area contributed by atoms with E-state index in [1.165, 1.54) is 5.56 Å². The first-order valence-corrected chi connectivity index (χ1v) is 9.60. The van der Waals surface area contributed by atoms with E-state index in [1.807, 2.05) is 49.4 Å². The highest BCUT2D eigenvalue weighted by atomic mass is 35.5. The van der Waals surface area contributed by atoms with E-state index < -0.39 is 0 Å². The van der Waals surface area contributed by atoms with Crippen molar-refractivity contribution in [2.75, 3.05) is 0 Å². The summed E-state index contributed by atoms with van der Waals surface area (Å²) in [6.07, 6.45) is 7.09. The molecule has 0 saturated heterocycles. The molecule has 0 fully saturated rings. The summed E-state index contributed by atoms with van der Waals surface area (Å²) in [4.78, 5) is 15.5. The number of nitrogens with zero attached hydrogens (tertiary/aromatic N) is 1. The second-order valence-electron chi connectivity index (χ2n) is 8.27. The van der Waals surface area contributed by atoms with Crippen molar-refractivity contribution in [3.8, 4) is 11.5 Å². The first-order chi connectivity index (χ1) is 12.6. The molecule has 0 unspecified atom stereocenters. The molecule has 1 heterocycles. The highest BCUT2D eigenvalue weighted by Gasteiger charge is 2.13. The lowest BCUT2D eigenvalue weighted by Crippen LogP contribution is -2.08. The van der Waals surface area contributed by atoms with Gasteiger partial charge in [-0.2, -0.15) is 0 Å². The van der Waals surface area contributed by atoms with Crippen LogP contribution in [0.1, 0.15) is 52.3 Å². The molecule has 0 amide bonds. The van der Waals surface area contributed by atoms with Gasteiger partial charge in [0.2, 0.25) is 0 Å². The summed E-state index contributed by atoms with van der Waals surface area (Å²) in [7, 11) is 0. The van der Waals surface area contributed by atoms with Crippen LogP contribution in [0, 0.1) is 11.3 Å². The van der Waals surface area contributed by atoms with Crippen LogP contribution in [0.3, 0.4) is 0 Å². The van der Waals surface area contributed by atoms with Gasteiger partial charge in [-0.1, -0.05) is 51.4 Å². The summed E-state index contributed by atoms with van der Waals surface area (Å²) in [5, 5.41) is 0.596. The Bertz CT molecular complexity index is 804. The fourth-order valence-electron chi connectivity index (χ4n) is 2.81. The number of carbonyl (C=O) groups is 1. The molecule has 3 nitrogen and oxygen atoms in total. The van der Waals surface area contributed by atoms with Crippen molar-refractivity contribution in [1.82, 2.24) is 4.98 Å². The standard InChI is InChI=1S/C23H28ClNO2/c1-16(12-17(2)26)6-8-19-9-10-20(15-25-19)27-22-11-7-18(13-21(22)24)14-23(3,4)5/h6-11,13,15-16H,12,14H2,1-5H3/b8-6+/t16-/m0/s1. The van der Waals surface area contributed by atoms with E-state index in [-0.39, 0.29) is 17.1 Å². The SMILES string of the molecule is CC(=O)C[C@@H](C)/C=C/c1ccc(Oc2ccc(CC(C)(C)C)cc2Cl)cn1. The van der Waals surface area contributed by atoms with Gasteiger partial charge in [0.15, 0.2) is 0 Å². The molecule has 0 bridgehead atoms.